The summed E-state index contributed by atoms with van der Waals surface area (Å²) < 4.78 is 1.81. The number of hydrogen-bond donors (Lipinski definition) is 1. The van der Waals surface area contributed by atoms with E-state index in [0.29, 0.717) is 12.3 Å². The molecular weight excluding hydrogens is 294 g/mol. The largest absolute Gasteiger partial charge is 0.350 e. The minimum atomic E-state index is 0.0398. The number of aromatic nitrogens is 2. The van der Waals surface area contributed by atoms with Gasteiger partial charge in [-0.2, -0.15) is 5.10 Å². The van der Waals surface area contributed by atoms with Crippen molar-refractivity contribution in [2.45, 2.75) is 12.3 Å². The summed E-state index contributed by atoms with van der Waals surface area (Å²) in [7, 11) is 0. The van der Waals surface area contributed by atoms with Crippen molar-refractivity contribution in [1.82, 2.24) is 14.9 Å². The van der Waals surface area contributed by atoms with Crippen molar-refractivity contribution in [3.8, 4) is 0 Å². The van der Waals surface area contributed by atoms with Crippen LogP contribution in [0, 0.1) is 0 Å². The first-order chi connectivity index (χ1) is 10.8. The van der Waals surface area contributed by atoms with E-state index < -0.39 is 0 Å². The van der Waals surface area contributed by atoms with Crippen molar-refractivity contribution in [2.75, 3.05) is 5.75 Å². The molecule has 2 heterocycles. The van der Waals surface area contributed by atoms with Crippen LogP contribution in [0.15, 0.2) is 60.8 Å². The Kier molecular flexibility index (Phi) is 4.75. The molecule has 0 spiro atoms. The number of benzene rings is 1. The summed E-state index contributed by atoms with van der Waals surface area (Å²) in [6, 6.07) is 18.0. The van der Waals surface area contributed by atoms with Gasteiger partial charge in [-0.1, -0.05) is 36.4 Å². The molecular formula is C17H17N3OS. The molecule has 0 fully saturated rings. The highest BCUT2D eigenvalue weighted by Crippen LogP contribution is 2.11. The van der Waals surface area contributed by atoms with Gasteiger partial charge >= 0.3 is 0 Å². The Balaban J connectivity index is 1.44. The van der Waals surface area contributed by atoms with Crippen LogP contribution in [0.3, 0.4) is 0 Å². The third-order valence-electron chi connectivity index (χ3n) is 3.23. The number of nitrogens with zero attached hydrogens (tertiary/aromatic N) is 2. The Labute approximate surface area is 133 Å². The average molecular weight is 311 g/mol. The number of fused-ring (bicyclic) bond motifs is 1. The van der Waals surface area contributed by atoms with Gasteiger partial charge in [0.05, 0.1) is 23.5 Å². The minimum Gasteiger partial charge on any atom is -0.350 e. The molecule has 0 unspecified atom stereocenters. The maximum absolute atomic E-state index is 11.9. The fourth-order valence-corrected chi connectivity index (χ4v) is 2.97. The van der Waals surface area contributed by atoms with E-state index >= 15 is 0 Å². The molecule has 0 saturated heterocycles. The smallest absolute Gasteiger partial charge is 0.230 e. The maximum atomic E-state index is 11.9. The zero-order valence-electron chi connectivity index (χ0n) is 12.1. The van der Waals surface area contributed by atoms with E-state index in [4.69, 9.17) is 0 Å². The van der Waals surface area contributed by atoms with Gasteiger partial charge in [0.1, 0.15) is 0 Å². The Morgan fingerprint density at radius 1 is 1.14 bits per heavy atom. The highest BCUT2D eigenvalue weighted by Gasteiger charge is 2.05. The lowest BCUT2D eigenvalue weighted by Crippen LogP contribution is -2.24. The molecule has 3 aromatic rings. The molecule has 0 aliphatic heterocycles. The molecule has 0 aliphatic rings. The van der Waals surface area contributed by atoms with Gasteiger partial charge < -0.3 is 5.32 Å². The van der Waals surface area contributed by atoms with Crippen LogP contribution >= 0.6 is 11.8 Å². The van der Waals surface area contributed by atoms with Crippen LogP contribution in [0.5, 0.6) is 0 Å². The number of nitrogens with one attached hydrogen (secondary N) is 1. The van der Waals surface area contributed by atoms with E-state index in [0.717, 1.165) is 17.0 Å². The molecule has 3 rings (SSSR count). The van der Waals surface area contributed by atoms with E-state index in [-0.39, 0.29) is 5.91 Å². The molecule has 0 bridgehead atoms. The molecule has 0 aliphatic carbocycles. The van der Waals surface area contributed by atoms with Gasteiger partial charge in [-0.3, -0.25) is 4.79 Å². The lowest BCUT2D eigenvalue weighted by Gasteiger charge is -2.03. The first kappa shape index (κ1) is 14.7. The Morgan fingerprint density at radius 3 is 2.77 bits per heavy atom. The van der Waals surface area contributed by atoms with Gasteiger partial charge in [-0.15, -0.1) is 11.8 Å². The molecule has 1 amide bonds. The summed E-state index contributed by atoms with van der Waals surface area (Å²) in [5.41, 5.74) is 3.14. The molecule has 112 valence electrons. The summed E-state index contributed by atoms with van der Waals surface area (Å²) in [6.45, 7) is 0.465. The summed E-state index contributed by atoms with van der Waals surface area (Å²) in [4.78, 5) is 11.9. The number of carbonyl (C=O) groups excluding carboxylic acids is 1. The standard InChI is InChI=1S/C17H17N3OS/c21-17(13-22-12-14-6-2-1-3-7-14)18-11-15-10-16-8-4-5-9-20(16)19-15/h1-10H,11-13H2,(H,18,21). The van der Waals surface area contributed by atoms with Gasteiger partial charge in [0.25, 0.3) is 0 Å². The van der Waals surface area contributed by atoms with Crippen LogP contribution in [0.4, 0.5) is 0 Å². The summed E-state index contributed by atoms with van der Waals surface area (Å²) >= 11 is 1.62. The quantitative estimate of drug-likeness (QED) is 0.761. The zero-order chi connectivity index (χ0) is 15.2. The van der Waals surface area contributed by atoms with E-state index in [1.807, 2.05) is 53.2 Å². The van der Waals surface area contributed by atoms with Crippen molar-refractivity contribution in [1.29, 1.82) is 0 Å². The van der Waals surface area contributed by atoms with Crippen molar-refractivity contribution < 1.29 is 4.79 Å². The molecule has 0 atom stereocenters. The van der Waals surface area contributed by atoms with Crippen LogP contribution in [0.2, 0.25) is 0 Å². The molecule has 2 aromatic heterocycles. The highest BCUT2D eigenvalue weighted by molar-refractivity contribution is 7.99. The second-order valence-electron chi connectivity index (χ2n) is 4.96. The fourth-order valence-electron chi connectivity index (χ4n) is 2.15. The van der Waals surface area contributed by atoms with E-state index in [1.54, 1.807) is 11.8 Å². The first-order valence-electron chi connectivity index (χ1n) is 7.13. The Bertz CT molecular complexity index is 722. The number of hydrogen-bond acceptors (Lipinski definition) is 3. The lowest BCUT2D eigenvalue weighted by atomic mass is 10.2. The van der Waals surface area contributed by atoms with Gasteiger partial charge in [0, 0.05) is 11.9 Å². The van der Waals surface area contributed by atoms with Crippen LogP contribution in [-0.2, 0) is 17.1 Å². The maximum Gasteiger partial charge on any atom is 0.230 e. The van der Waals surface area contributed by atoms with Crippen molar-refractivity contribution in [3.05, 3.63) is 72.1 Å². The molecule has 4 nitrogen and oxygen atoms in total. The summed E-state index contributed by atoms with van der Waals surface area (Å²) in [5, 5.41) is 7.32. The van der Waals surface area contributed by atoms with E-state index in [9.17, 15) is 4.79 Å². The van der Waals surface area contributed by atoms with Crippen LogP contribution in [0.25, 0.3) is 5.52 Å². The predicted octanol–water partition coefficient (Wildman–Crippen LogP) is 2.88. The van der Waals surface area contributed by atoms with Gasteiger partial charge in [-0.05, 0) is 23.8 Å². The normalized spacial score (nSPS) is 10.7. The van der Waals surface area contributed by atoms with Crippen LogP contribution < -0.4 is 5.32 Å². The van der Waals surface area contributed by atoms with Crippen LogP contribution in [-0.4, -0.2) is 21.3 Å². The summed E-state index contributed by atoms with van der Waals surface area (Å²) in [6.07, 6.45) is 1.90. The fraction of sp³-hybridized carbons (Fsp3) is 0.176. The molecule has 0 saturated carbocycles. The second-order valence-corrected chi connectivity index (χ2v) is 5.95. The third kappa shape index (κ3) is 3.89. The van der Waals surface area contributed by atoms with E-state index in [1.165, 1.54) is 5.56 Å². The predicted molar refractivity (Wildman–Crippen MR) is 89.6 cm³/mol. The molecule has 1 N–H and O–H groups in total. The van der Waals surface area contributed by atoms with Crippen molar-refractivity contribution >= 4 is 23.2 Å². The van der Waals surface area contributed by atoms with E-state index in [2.05, 4.69) is 22.5 Å². The number of pyridine rings is 1. The molecule has 22 heavy (non-hydrogen) atoms. The highest BCUT2D eigenvalue weighted by atomic mass is 32.2. The monoisotopic (exact) mass is 311 g/mol. The van der Waals surface area contributed by atoms with Crippen molar-refractivity contribution in [2.24, 2.45) is 0 Å². The lowest BCUT2D eigenvalue weighted by molar-refractivity contribution is -0.118. The SMILES string of the molecule is O=C(CSCc1ccccc1)NCc1cc2ccccn2n1. The summed E-state index contributed by atoms with van der Waals surface area (Å²) in [5.74, 6) is 1.35. The first-order valence-corrected chi connectivity index (χ1v) is 8.28. The Hall–Kier alpha value is -2.27. The third-order valence-corrected chi connectivity index (χ3v) is 4.24. The second kappa shape index (κ2) is 7.13. The average Bonchev–Trinajstić information content (AvgIpc) is 2.97. The van der Waals surface area contributed by atoms with Gasteiger partial charge in [-0.25, -0.2) is 4.52 Å². The van der Waals surface area contributed by atoms with Crippen LogP contribution in [0.1, 0.15) is 11.3 Å². The van der Waals surface area contributed by atoms with Crippen molar-refractivity contribution in [3.63, 3.8) is 0 Å². The minimum absolute atomic E-state index is 0.0398. The zero-order valence-corrected chi connectivity index (χ0v) is 12.9. The number of carbonyl (C=O) groups is 1. The van der Waals surface area contributed by atoms with Gasteiger partial charge in [0.2, 0.25) is 5.91 Å². The topological polar surface area (TPSA) is 46.4 Å². The number of amides is 1. The molecule has 1 aromatic carbocycles. The Morgan fingerprint density at radius 2 is 1.95 bits per heavy atom. The number of thioether (sulfide) groups is 1. The number of rotatable bonds is 6. The molecule has 5 heteroatoms. The van der Waals surface area contributed by atoms with Gasteiger partial charge in [0.15, 0.2) is 0 Å². The molecule has 0 radical (unpaired) electrons.